The van der Waals surface area contributed by atoms with E-state index in [0.29, 0.717) is 25.7 Å². The standard InChI is InChI=1S/C78H152O17P2/c1-7-10-12-14-16-18-20-22-23-24-25-26-27-28-29-30-31-33-35-45-51-57-63-78(83)95-74(67-89-76(81)61-55-49-43-39-37-41-47-53-59-71(6)9-3)69-93-97(86,87)91-65-72(79)64-90-96(84,85)92-68-73(66-88-75(80)60-54-48-42-38-36-40-46-52-58-70(4)5)94-77(82)62-56-50-44-34-32-21-19-17-15-13-11-8-2/h70-74,79H,7-69H2,1-6H3,(H,84,85)(H,86,87)/t71?,72-,73+,74+/m0/s1. The van der Waals surface area contributed by atoms with Gasteiger partial charge in [0.1, 0.15) is 19.3 Å². The second kappa shape index (κ2) is 69.8. The summed E-state index contributed by atoms with van der Waals surface area (Å²) in [6, 6.07) is 0. The maximum Gasteiger partial charge on any atom is 0.472 e. The highest BCUT2D eigenvalue weighted by atomic mass is 31.2. The Morgan fingerprint density at radius 1 is 0.299 bits per heavy atom. The second-order valence-corrected chi connectivity index (χ2v) is 31.7. The molecule has 0 rings (SSSR count). The van der Waals surface area contributed by atoms with E-state index in [2.05, 4.69) is 41.5 Å². The van der Waals surface area contributed by atoms with Gasteiger partial charge in [0.05, 0.1) is 26.4 Å². The minimum absolute atomic E-state index is 0.107. The molecule has 0 saturated heterocycles. The van der Waals surface area contributed by atoms with E-state index < -0.39 is 97.5 Å². The van der Waals surface area contributed by atoms with Gasteiger partial charge in [-0.1, -0.05) is 356 Å². The van der Waals surface area contributed by atoms with Gasteiger partial charge in [-0.25, -0.2) is 9.13 Å². The molecule has 17 nitrogen and oxygen atoms in total. The third kappa shape index (κ3) is 70.9. The summed E-state index contributed by atoms with van der Waals surface area (Å²) < 4.78 is 68.6. The first-order valence-electron chi connectivity index (χ1n) is 40.5. The van der Waals surface area contributed by atoms with Gasteiger partial charge in [0.2, 0.25) is 0 Å². The molecule has 0 aromatic rings. The number of phosphoric acid groups is 2. The molecule has 97 heavy (non-hydrogen) atoms. The van der Waals surface area contributed by atoms with Crippen LogP contribution in [0.25, 0.3) is 0 Å². The lowest BCUT2D eigenvalue weighted by Gasteiger charge is -2.21. The van der Waals surface area contributed by atoms with E-state index in [9.17, 15) is 43.2 Å². The molecule has 0 amide bonds. The van der Waals surface area contributed by atoms with Crippen LogP contribution in [0, 0.1) is 11.8 Å². The lowest BCUT2D eigenvalue weighted by Crippen LogP contribution is -2.30. The third-order valence-corrected chi connectivity index (χ3v) is 20.5. The number of rotatable bonds is 77. The Kier molecular flexibility index (Phi) is 68.4. The van der Waals surface area contributed by atoms with Crippen molar-refractivity contribution in [1.29, 1.82) is 0 Å². The zero-order valence-electron chi connectivity index (χ0n) is 63.4. The Bertz CT molecular complexity index is 1870. The van der Waals surface area contributed by atoms with Crippen molar-refractivity contribution in [3.8, 4) is 0 Å². The zero-order chi connectivity index (χ0) is 71.4. The SMILES string of the molecule is CCCCCCCCCCCCCCCCCCCCCCCCC(=O)O[C@H](COC(=O)CCCCCCCCCCC(C)CC)COP(=O)(O)OC[C@@H](O)COP(=O)(O)OC[C@@H](COC(=O)CCCCCCCCCCC(C)C)OC(=O)CCCCCCCCCCCCCC. The molecule has 3 N–H and O–H groups in total. The van der Waals surface area contributed by atoms with Gasteiger partial charge in [0.25, 0.3) is 0 Å². The first-order chi connectivity index (χ1) is 46.9. The highest BCUT2D eigenvalue weighted by Crippen LogP contribution is 2.45. The van der Waals surface area contributed by atoms with Crippen LogP contribution in [0.2, 0.25) is 0 Å². The van der Waals surface area contributed by atoms with Crippen LogP contribution in [0.1, 0.15) is 408 Å². The van der Waals surface area contributed by atoms with Crippen LogP contribution in [0.5, 0.6) is 0 Å². The topological polar surface area (TPSA) is 237 Å². The maximum absolute atomic E-state index is 13.1. The molecule has 0 aliphatic carbocycles. The molecule has 3 unspecified atom stereocenters. The van der Waals surface area contributed by atoms with Crippen molar-refractivity contribution in [2.45, 2.75) is 426 Å². The summed E-state index contributed by atoms with van der Waals surface area (Å²) in [6.07, 6.45) is 58.4. The van der Waals surface area contributed by atoms with Crippen LogP contribution in [0.3, 0.4) is 0 Å². The first-order valence-corrected chi connectivity index (χ1v) is 43.5. The predicted octanol–water partition coefficient (Wildman–Crippen LogP) is 23.1. The molecule has 0 aliphatic heterocycles. The Balaban J connectivity index is 5.19. The van der Waals surface area contributed by atoms with Gasteiger partial charge < -0.3 is 33.8 Å². The third-order valence-electron chi connectivity index (χ3n) is 18.6. The van der Waals surface area contributed by atoms with Crippen molar-refractivity contribution in [2.24, 2.45) is 11.8 Å². The number of hydrogen-bond donors (Lipinski definition) is 3. The fraction of sp³-hybridized carbons (Fsp3) is 0.949. The van der Waals surface area contributed by atoms with E-state index in [1.165, 1.54) is 225 Å². The number of carbonyl (C=O) groups excluding carboxylic acids is 4. The molecule has 0 radical (unpaired) electrons. The van der Waals surface area contributed by atoms with Crippen molar-refractivity contribution in [1.82, 2.24) is 0 Å². The van der Waals surface area contributed by atoms with Crippen LogP contribution >= 0.6 is 15.6 Å². The van der Waals surface area contributed by atoms with E-state index in [4.69, 9.17) is 37.0 Å². The average molecular weight is 1420 g/mol. The Morgan fingerprint density at radius 3 is 0.784 bits per heavy atom. The highest BCUT2D eigenvalue weighted by molar-refractivity contribution is 7.47. The van der Waals surface area contributed by atoms with Crippen molar-refractivity contribution in [3.63, 3.8) is 0 Å². The number of ether oxygens (including phenoxy) is 4. The molecule has 0 spiro atoms. The van der Waals surface area contributed by atoms with Gasteiger partial charge in [0, 0.05) is 25.7 Å². The normalized spacial score (nSPS) is 14.2. The summed E-state index contributed by atoms with van der Waals surface area (Å²) in [6.45, 7) is 9.57. The second-order valence-electron chi connectivity index (χ2n) is 28.8. The molecule has 0 saturated carbocycles. The molecule has 576 valence electrons. The van der Waals surface area contributed by atoms with Gasteiger partial charge in [-0.3, -0.25) is 37.3 Å². The number of carbonyl (C=O) groups is 4. The number of aliphatic hydroxyl groups is 1. The van der Waals surface area contributed by atoms with Gasteiger partial charge in [-0.2, -0.15) is 0 Å². The lowest BCUT2D eigenvalue weighted by molar-refractivity contribution is -0.161. The molecule has 0 fully saturated rings. The van der Waals surface area contributed by atoms with Crippen molar-refractivity contribution < 1.29 is 80.2 Å². The summed E-state index contributed by atoms with van der Waals surface area (Å²) in [5.74, 6) is -0.611. The number of phosphoric ester groups is 2. The molecule has 0 aromatic carbocycles. The maximum atomic E-state index is 13.1. The molecule has 0 aliphatic rings. The average Bonchev–Trinajstić information content (AvgIpc) is 1.10. The fourth-order valence-corrected chi connectivity index (χ4v) is 13.6. The zero-order valence-corrected chi connectivity index (χ0v) is 65.2. The van der Waals surface area contributed by atoms with E-state index in [1.54, 1.807) is 0 Å². The Labute approximate surface area is 594 Å². The Hall–Kier alpha value is -1.94. The fourth-order valence-electron chi connectivity index (χ4n) is 12.0. The van der Waals surface area contributed by atoms with Crippen LogP contribution in [-0.2, 0) is 65.4 Å². The summed E-state index contributed by atoms with van der Waals surface area (Å²) in [5.41, 5.74) is 0. The van der Waals surface area contributed by atoms with E-state index in [-0.39, 0.29) is 25.7 Å². The molecule has 0 aromatic heterocycles. The highest BCUT2D eigenvalue weighted by Gasteiger charge is 2.30. The van der Waals surface area contributed by atoms with Gasteiger partial charge in [-0.05, 0) is 37.5 Å². The summed E-state index contributed by atoms with van der Waals surface area (Å²) >= 11 is 0. The van der Waals surface area contributed by atoms with E-state index in [1.807, 2.05) is 0 Å². The van der Waals surface area contributed by atoms with Crippen molar-refractivity contribution in [2.75, 3.05) is 39.6 Å². The van der Waals surface area contributed by atoms with E-state index in [0.717, 1.165) is 102 Å². The summed E-state index contributed by atoms with van der Waals surface area (Å²) in [5, 5.41) is 10.6. The smallest absolute Gasteiger partial charge is 0.462 e. The molecular formula is C78H152O17P2. The van der Waals surface area contributed by atoms with Crippen LogP contribution < -0.4 is 0 Å². The number of aliphatic hydroxyl groups excluding tert-OH is 1. The number of unbranched alkanes of at least 4 members (excludes halogenated alkanes) is 46. The number of esters is 4. The van der Waals surface area contributed by atoms with Crippen molar-refractivity contribution in [3.05, 3.63) is 0 Å². The van der Waals surface area contributed by atoms with Crippen molar-refractivity contribution >= 4 is 39.5 Å². The molecule has 6 atom stereocenters. The molecule has 19 heteroatoms. The minimum Gasteiger partial charge on any atom is -0.462 e. The van der Waals surface area contributed by atoms with Gasteiger partial charge >= 0.3 is 39.5 Å². The largest absolute Gasteiger partial charge is 0.472 e. The summed E-state index contributed by atoms with van der Waals surface area (Å²) in [7, 11) is -9.91. The minimum atomic E-state index is -4.96. The molecule has 0 heterocycles. The van der Waals surface area contributed by atoms with Crippen LogP contribution in [-0.4, -0.2) is 96.7 Å². The lowest BCUT2D eigenvalue weighted by atomic mass is 9.99. The van der Waals surface area contributed by atoms with E-state index >= 15 is 0 Å². The van der Waals surface area contributed by atoms with Gasteiger partial charge in [0.15, 0.2) is 12.2 Å². The Morgan fingerprint density at radius 2 is 0.526 bits per heavy atom. The first kappa shape index (κ1) is 95.1. The predicted molar refractivity (Wildman–Crippen MR) is 395 cm³/mol. The van der Waals surface area contributed by atoms with Crippen LogP contribution in [0.15, 0.2) is 0 Å². The summed E-state index contributed by atoms with van der Waals surface area (Å²) in [4.78, 5) is 72.8. The molecular weight excluding hydrogens is 1270 g/mol. The number of hydrogen-bond acceptors (Lipinski definition) is 15. The van der Waals surface area contributed by atoms with Crippen LogP contribution in [0.4, 0.5) is 0 Å². The quantitative estimate of drug-likeness (QED) is 0.0222. The van der Waals surface area contributed by atoms with Gasteiger partial charge in [-0.15, -0.1) is 0 Å². The monoisotopic (exact) mass is 1420 g/mol. The molecule has 0 bridgehead atoms.